The molecule has 1 heterocycles. The molecule has 7 nitrogen and oxygen atoms in total. The average Bonchev–Trinajstić information content (AvgIpc) is 2.97. The van der Waals surface area contributed by atoms with Gasteiger partial charge in [-0.25, -0.2) is 4.39 Å². The average molecular weight is 328 g/mol. The lowest BCUT2D eigenvalue weighted by Crippen LogP contribution is -2.18. The molecule has 1 aromatic heterocycles. The van der Waals surface area contributed by atoms with Crippen LogP contribution in [0.25, 0.3) is 5.57 Å². The second-order valence-electron chi connectivity index (χ2n) is 4.19. The monoisotopic (exact) mass is 328 g/mol. The molecule has 2 aromatic rings. The topological polar surface area (TPSA) is 99.5 Å². The van der Waals surface area contributed by atoms with Crippen LogP contribution < -0.4 is 10.1 Å². The molecule has 0 amide bonds. The number of hydrogen-bond donors (Lipinski definition) is 2. The second kappa shape index (κ2) is 6.30. The highest BCUT2D eigenvalue weighted by Gasteiger charge is 2.32. The molecule has 2 N–H and O–H groups in total. The van der Waals surface area contributed by atoms with Gasteiger partial charge in [0.15, 0.2) is 11.6 Å². The zero-order valence-electron chi connectivity index (χ0n) is 11.4. The smallest absolute Gasteiger partial charge is 0.403 e. The third-order valence-electron chi connectivity index (χ3n) is 2.58. The van der Waals surface area contributed by atoms with Crippen molar-refractivity contribution in [2.75, 3.05) is 5.32 Å². The normalized spacial score (nSPS) is 11.9. The van der Waals surface area contributed by atoms with E-state index in [-0.39, 0.29) is 22.6 Å². The molecule has 0 radical (unpaired) electrons. The third kappa shape index (κ3) is 4.16. The highest BCUT2D eigenvalue weighted by Crippen LogP contribution is 2.30. The van der Waals surface area contributed by atoms with E-state index in [9.17, 15) is 17.6 Å². The van der Waals surface area contributed by atoms with Crippen molar-refractivity contribution in [2.45, 2.75) is 13.3 Å². The van der Waals surface area contributed by atoms with Crippen LogP contribution in [-0.2, 0) is 0 Å². The predicted molar refractivity (Wildman–Crippen MR) is 69.2 cm³/mol. The minimum Gasteiger partial charge on any atom is -0.403 e. The van der Waals surface area contributed by atoms with Gasteiger partial charge >= 0.3 is 6.36 Å². The number of tetrazole rings is 1. The standard InChI is InChI=1S/C12H8F4N6O/c1-6-2-10(23-12(14,15)16)8(13)3-9(6)18-5-7(4-17)11-19-21-22-20-11/h2-3,5,18H,1H3,(H,19,20,21,22). The highest BCUT2D eigenvalue weighted by atomic mass is 19.4. The number of allylic oxidation sites excluding steroid dienone is 1. The van der Waals surface area contributed by atoms with Crippen LogP contribution in [0.15, 0.2) is 18.3 Å². The van der Waals surface area contributed by atoms with Crippen molar-refractivity contribution in [1.29, 1.82) is 5.26 Å². The largest absolute Gasteiger partial charge is 0.573 e. The molecule has 0 saturated carbocycles. The van der Waals surface area contributed by atoms with Gasteiger partial charge in [-0.15, -0.1) is 23.4 Å². The number of benzene rings is 1. The summed E-state index contributed by atoms with van der Waals surface area (Å²) in [5.74, 6) is -2.14. The molecular weight excluding hydrogens is 320 g/mol. The van der Waals surface area contributed by atoms with Gasteiger partial charge in [-0.05, 0) is 23.8 Å². The molecule has 0 fully saturated rings. The number of aryl methyl sites for hydroxylation is 1. The molecule has 11 heteroatoms. The summed E-state index contributed by atoms with van der Waals surface area (Å²) < 4.78 is 53.6. The van der Waals surface area contributed by atoms with Crippen LogP contribution in [0.3, 0.4) is 0 Å². The summed E-state index contributed by atoms with van der Waals surface area (Å²) in [5.41, 5.74) is 0.412. The molecule has 1 aromatic carbocycles. The van der Waals surface area contributed by atoms with Crippen LogP contribution in [0.4, 0.5) is 23.2 Å². The third-order valence-corrected chi connectivity index (χ3v) is 2.58. The molecule has 2 rings (SSSR count). The molecule has 0 atom stereocenters. The summed E-state index contributed by atoms with van der Waals surface area (Å²) in [5, 5.41) is 24.2. The summed E-state index contributed by atoms with van der Waals surface area (Å²) in [6.07, 6.45) is -3.81. The Morgan fingerprint density at radius 3 is 2.74 bits per heavy atom. The number of alkyl halides is 3. The van der Waals surface area contributed by atoms with Crippen molar-refractivity contribution in [3.05, 3.63) is 35.5 Å². The fourth-order valence-corrected chi connectivity index (χ4v) is 1.59. The van der Waals surface area contributed by atoms with Crippen LogP contribution in [0.5, 0.6) is 5.75 Å². The van der Waals surface area contributed by atoms with E-state index >= 15 is 0 Å². The van der Waals surface area contributed by atoms with Crippen LogP contribution in [0, 0.1) is 24.1 Å². The summed E-state index contributed by atoms with van der Waals surface area (Å²) in [6, 6.07) is 3.50. The lowest BCUT2D eigenvalue weighted by molar-refractivity contribution is -0.275. The molecule has 0 bridgehead atoms. The number of nitrogens with one attached hydrogen (secondary N) is 2. The fourth-order valence-electron chi connectivity index (χ4n) is 1.59. The highest BCUT2D eigenvalue weighted by molar-refractivity contribution is 5.74. The lowest BCUT2D eigenvalue weighted by Gasteiger charge is -2.13. The summed E-state index contributed by atoms with van der Waals surface area (Å²) in [6.45, 7) is 1.44. The molecule has 23 heavy (non-hydrogen) atoms. The van der Waals surface area contributed by atoms with Crippen LogP contribution >= 0.6 is 0 Å². The van der Waals surface area contributed by atoms with Crippen LogP contribution in [-0.4, -0.2) is 27.0 Å². The van der Waals surface area contributed by atoms with Crippen molar-refractivity contribution in [3.8, 4) is 11.8 Å². The molecule has 0 spiro atoms. The van der Waals surface area contributed by atoms with E-state index in [2.05, 4.69) is 30.7 Å². The number of H-pyrrole nitrogens is 1. The first kappa shape index (κ1) is 16.2. The number of rotatable bonds is 4. The van der Waals surface area contributed by atoms with E-state index in [1.54, 1.807) is 6.07 Å². The first-order chi connectivity index (χ1) is 10.8. The Bertz CT molecular complexity index is 763. The Labute approximate surface area is 126 Å². The lowest BCUT2D eigenvalue weighted by atomic mass is 10.2. The van der Waals surface area contributed by atoms with E-state index in [1.807, 2.05) is 0 Å². The molecule has 0 aliphatic rings. The molecule has 0 aliphatic carbocycles. The number of hydrogen-bond acceptors (Lipinski definition) is 6. The van der Waals surface area contributed by atoms with Crippen molar-refractivity contribution >= 4 is 11.3 Å². The van der Waals surface area contributed by atoms with Gasteiger partial charge in [0.25, 0.3) is 0 Å². The summed E-state index contributed by atoms with van der Waals surface area (Å²) in [7, 11) is 0. The zero-order valence-corrected chi connectivity index (χ0v) is 11.4. The minimum atomic E-state index is -4.99. The molecule has 0 saturated heterocycles. The van der Waals surface area contributed by atoms with E-state index in [0.29, 0.717) is 0 Å². The molecule has 0 unspecified atom stereocenters. The SMILES string of the molecule is Cc1cc(OC(F)(F)F)c(F)cc1NC=C(C#N)c1nn[nH]n1. The Kier molecular flexibility index (Phi) is 4.44. The minimum absolute atomic E-state index is 0.00539. The first-order valence-electron chi connectivity index (χ1n) is 5.96. The molecule has 0 aliphatic heterocycles. The predicted octanol–water partition coefficient (Wildman–Crippen LogP) is 2.52. The van der Waals surface area contributed by atoms with Crippen LogP contribution in [0.2, 0.25) is 0 Å². The number of aromatic amines is 1. The van der Waals surface area contributed by atoms with E-state index in [4.69, 9.17) is 5.26 Å². The summed E-state index contributed by atoms with van der Waals surface area (Å²) >= 11 is 0. The number of ether oxygens (including phenoxy) is 1. The maximum atomic E-state index is 13.6. The van der Waals surface area contributed by atoms with Crippen molar-refractivity contribution < 1.29 is 22.3 Å². The zero-order chi connectivity index (χ0) is 17.0. The second-order valence-corrected chi connectivity index (χ2v) is 4.19. The summed E-state index contributed by atoms with van der Waals surface area (Å²) in [4.78, 5) is 0. The van der Waals surface area contributed by atoms with Gasteiger partial charge in [-0.1, -0.05) is 0 Å². The van der Waals surface area contributed by atoms with Crippen molar-refractivity contribution in [2.24, 2.45) is 0 Å². The Balaban J connectivity index is 2.25. The maximum absolute atomic E-state index is 13.6. The van der Waals surface area contributed by atoms with Crippen molar-refractivity contribution in [3.63, 3.8) is 0 Å². The number of nitrogens with zero attached hydrogens (tertiary/aromatic N) is 4. The van der Waals surface area contributed by atoms with Gasteiger partial charge in [0.1, 0.15) is 11.6 Å². The number of anilines is 1. The number of halogens is 4. The number of aromatic nitrogens is 4. The Hall–Kier alpha value is -3.16. The van der Waals surface area contributed by atoms with E-state index in [1.165, 1.54) is 13.1 Å². The van der Waals surface area contributed by atoms with Gasteiger partial charge in [0.2, 0.25) is 5.82 Å². The van der Waals surface area contributed by atoms with Gasteiger partial charge in [-0.2, -0.15) is 10.5 Å². The fraction of sp³-hybridized carbons (Fsp3) is 0.167. The number of nitriles is 1. The first-order valence-corrected chi connectivity index (χ1v) is 5.96. The Morgan fingerprint density at radius 2 is 2.17 bits per heavy atom. The molecular formula is C12H8F4N6O. The maximum Gasteiger partial charge on any atom is 0.573 e. The van der Waals surface area contributed by atoms with Crippen molar-refractivity contribution in [1.82, 2.24) is 20.6 Å². The van der Waals surface area contributed by atoms with Gasteiger partial charge in [0.05, 0.1) is 0 Å². The molecule has 120 valence electrons. The van der Waals surface area contributed by atoms with Gasteiger partial charge in [-0.3, -0.25) is 0 Å². The quantitative estimate of drug-likeness (QED) is 0.661. The Morgan fingerprint density at radius 1 is 1.43 bits per heavy atom. The van der Waals surface area contributed by atoms with E-state index in [0.717, 1.165) is 12.1 Å². The van der Waals surface area contributed by atoms with E-state index < -0.39 is 17.9 Å². The van der Waals surface area contributed by atoms with Crippen LogP contribution in [0.1, 0.15) is 11.4 Å². The van der Waals surface area contributed by atoms with Gasteiger partial charge < -0.3 is 10.1 Å². The van der Waals surface area contributed by atoms with Gasteiger partial charge in [0, 0.05) is 18.0 Å².